The average molecular weight is 362 g/mol. The molecular weight excluding hydrogens is 344 g/mol. The standard InChI is InChI=1S/C17H18N2O5S/c1-23-10-24-17(22)12-7-8-25-16-14(15(21)19(12)16)18-13(20)9-11-5-3-2-4-6-11/h2-7,14,16H,8-10H2,1H3,(H,18,20)/t14?,16-/m1/s1. The Labute approximate surface area is 149 Å². The van der Waals surface area contributed by atoms with Crippen LogP contribution in [0.2, 0.25) is 0 Å². The lowest BCUT2D eigenvalue weighted by atomic mass is 10.0. The van der Waals surface area contributed by atoms with Crippen molar-refractivity contribution in [2.75, 3.05) is 19.7 Å². The van der Waals surface area contributed by atoms with E-state index in [9.17, 15) is 14.4 Å². The van der Waals surface area contributed by atoms with Gasteiger partial charge in [0.05, 0.1) is 6.42 Å². The molecule has 3 rings (SSSR count). The summed E-state index contributed by atoms with van der Waals surface area (Å²) in [6.45, 7) is -0.173. The molecule has 2 amide bonds. The molecule has 1 saturated heterocycles. The van der Waals surface area contributed by atoms with Gasteiger partial charge in [0.15, 0.2) is 6.79 Å². The van der Waals surface area contributed by atoms with E-state index >= 15 is 0 Å². The van der Waals surface area contributed by atoms with E-state index < -0.39 is 12.0 Å². The van der Waals surface area contributed by atoms with E-state index in [0.717, 1.165) is 5.56 Å². The van der Waals surface area contributed by atoms with Crippen LogP contribution in [0.25, 0.3) is 0 Å². The van der Waals surface area contributed by atoms with Crippen molar-refractivity contribution in [2.45, 2.75) is 17.8 Å². The summed E-state index contributed by atoms with van der Waals surface area (Å²) in [7, 11) is 1.41. The van der Waals surface area contributed by atoms with Crippen molar-refractivity contribution >= 4 is 29.5 Å². The molecule has 1 fully saturated rings. The summed E-state index contributed by atoms with van der Waals surface area (Å²) in [4.78, 5) is 37.9. The second-order valence-electron chi connectivity index (χ2n) is 5.57. The quantitative estimate of drug-likeness (QED) is 0.455. The van der Waals surface area contributed by atoms with Gasteiger partial charge in [-0.2, -0.15) is 0 Å². The summed E-state index contributed by atoms with van der Waals surface area (Å²) in [5.41, 5.74) is 1.09. The minimum Gasteiger partial charge on any atom is -0.434 e. The molecule has 1 N–H and O–H groups in total. The molecule has 1 aromatic rings. The first-order chi connectivity index (χ1) is 12.1. The van der Waals surface area contributed by atoms with Gasteiger partial charge in [-0.25, -0.2) is 4.79 Å². The second-order valence-corrected chi connectivity index (χ2v) is 6.72. The van der Waals surface area contributed by atoms with Crippen LogP contribution in [0.1, 0.15) is 5.56 Å². The number of amides is 2. The van der Waals surface area contributed by atoms with Crippen LogP contribution in [0.3, 0.4) is 0 Å². The third-order valence-electron chi connectivity index (χ3n) is 3.89. The maximum Gasteiger partial charge on any atom is 0.356 e. The summed E-state index contributed by atoms with van der Waals surface area (Å²) in [6.07, 6.45) is 1.86. The van der Waals surface area contributed by atoms with Gasteiger partial charge in [-0.3, -0.25) is 14.5 Å². The summed E-state index contributed by atoms with van der Waals surface area (Å²) >= 11 is 1.49. The van der Waals surface area contributed by atoms with Crippen LogP contribution in [0.5, 0.6) is 0 Å². The number of carbonyl (C=O) groups excluding carboxylic acids is 3. The minimum absolute atomic E-state index is 0.173. The zero-order valence-corrected chi connectivity index (χ0v) is 14.5. The Hall–Kier alpha value is -2.32. The molecule has 1 unspecified atom stereocenters. The van der Waals surface area contributed by atoms with Gasteiger partial charge in [-0.15, -0.1) is 11.8 Å². The fourth-order valence-electron chi connectivity index (χ4n) is 2.72. The number of β-lactam (4-membered cyclic amide) rings is 1. The zero-order valence-electron chi connectivity index (χ0n) is 13.6. The fourth-order valence-corrected chi connectivity index (χ4v) is 3.92. The number of hydrogen-bond donors (Lipinski definition) is 1. The molecule has 2 heterocycles. The van der Waals surface area contributed by atoms with E-state index in [1.807, 2.05) is 30.3 Å². The van der Waals surface area contributed by atoms with E-state index in [2.05, 4.69) is 5.32 Å². The lowest BCUT2D eigenvalue weighted by molar-refractivity contribution is -0.158. The minimum atomic E-state index is -0.625. The fraction of sp³-hybridized carbons (Fsp3) is 0.353. The number of nitrogens with one attached hydrogen (secondary N) is 1. The van der Waals surface area contributed by atoms with Crippen molar-refractivity contribution in [3.63, 3.8) is 0 Å². The molecule has 0 aliphatic carbocycles. The van der Waals surface area contributed by atoms with Crippen LogP contribution in [-0.2, 0) is 30.3 Å². The molecule has 7 nitrogen and oxygen atoms in total. The molecule has 132 valence electrons. The predicted molar refractivity (Wildman–Crippen MR) is 91.2 cm³/mol. The predicted octanol–water partition coefficient (Wildman–Crippen LogP) is 0.660. The lowest BCUT2D eigenvalue weighted by Gasteiger charge is -2.48. The number of fused-ring (bicyclic) bond motifs is 1. The Kier molecular flexibility index (Phi) is 5.40. The van der Waals surface area contributed by atoms with E-state index in [0.29, 0.717) is 5.75 Å². The summed E-state index contributed by atoms with van der Waals surface area (Å²) in [5, 5.41) is 2.47. The normalized spacial score (nSPS) is 21.7. The highest BCUT2D eigenvalue weighted by molar-refractivity contribution is 8.00. The van der Waals surface area contributed by atoms with Gasteiger partial charge in [0.1, 0.15) is 17.1 Å². The molecule has 0 saturated carbocycles. The van der Waals surface area contributed by atoms with Crippen LogP contribution in [-0.4, -0.2) is 53.8 Å². The molecule has 2 aliphatic heterocycles. The van der Waals surface area contributed by atoms with Crippen LogP contribution in [0.15, 0.2) is 42.1 Å². The van der Waals surface area contributed by atoms with Crippen LogP contribution < -0.4 is 5.32 Å². The summed E-state index contributed by atoms with van der Waals surface area (Å²) in [6, 6.07) is 8.69. The van der Waals surface area contributed by atoms with E-state index in [4.69, 9.17) is 9.47 Å². The van der Waals surface area contributed by atoms with Crippen molar-refractivity contribution < 1.29 is 23.9 Å². The zero-order chi connectivity index (χ0) is 17.8. The first-order valence-corrected chi connectivity index (χ1v) is 8.81. The smallest absolute Gasteiger partial charge is 0.356 e. The number of hydrogen-bond acceptors (Lipinski definition) is 6. The maximum atomic E-state index is 12.4. The van der Waals surface area contributed by atoms with Crippen molar-refractivity contribution in [2.24, 2.45) is 0 Å². The Morgan fingerprint density at radius 2 is 2.08 bits per heavy atom. The Bertz CT molecular complexity index is 706. The van der Waals surface area contributed by atoms with Gasteiger partial charge in [0, 0.05) is 12.9 Å². The lowest BCUT2D eigenvalue weighted by Crippen LogP contribution is -2.70. The number of ether oxygens (including phenoxy) is 2. The third kappa shape index (κ3) is 3.69. The average Bonchev–Trinajstić information content (AvgIpc) is 2.64. The molecular formula is C17H18N2O5S. The molecule has 25 heavy (non-hydrogen) atoms. The number of carbonyl (C=O) groups is 3. The van der Waals surface area contributed by atoms with Crippen molar-refractivity contribution in [1.82, 2.24) is 10.2 Å². The number of thioether (sulfide) groups is 1. The number of benzene rings is 1. The summed E-state index contributed by atoms with van der Waals surface area (Å²) in [5.74, 6) is -0.562. The maximum absolute atomic E-state index is 12.4. The van der Waals surface area contributed by atoms with Crippen LogP contribution >= 0.6 is 11.8 Å². The molecule has 8 heteroatoms. The highest BCUT2D eigenvalue weighted by atomic mass is 32.2. The molecule has 0 radical (unpaired) electrons. The van der Waals surface area contributed by atoms with E-state index in [1.165, 1.54) is 23.8 Å². The molecule has 0 aromatic heterocycles. The molecule has 2 atom stereocenters. The van der Waals surface area contributed by atoms with Crippen molar-refractivity contribution in [3.8, 4) is 0 Å². The van der Waals surface area contributed by atoms with Gasteiger partial charge in [-0.1, -0.05) is 30.3 Å². The summed E-state index contributed by atoms with van der Waals surface area (Å²) < 4.78 is 9.61. The van der Waals surface area contributed by atoms with Gasteiger partial charge in [0.2, 0.25) is 5.91 Å². The van der Waals surface area contributed by atoms with Gasteiger partial charge in [-0.05, 0) is 11.6 Å². The second kappa shape index (κ2) is 7.71. The third-order valence-corrected chi connectivity index (χ3v) is 5.07. The number of rotatable bonds is 6. The van der Waals surface area contributed by atoms with Gasteiger partial charge < -0.3 is 14.8 Å². The monoisotopic (exact) mass is 362 g/mol. The Balaban J connectivity index is 1.60. The highest BCUT2D eigenvalue weighted by Crippen LogP contribution is 2.37. The van der Waals surface area contributed by atoms with Crippen molar-refractivity contribution in [3.05, 3.63) is 47.7 Å². The Morgan fingerprint density at radius 3 is 2.80 bits per heavy atom. The number of nitrogens with zero attached hydrogens (tertiary/aromatic N) is 1. The molecule has 0 spiro atoms. The molecule has 2 aliphatic rings. The number of methoxy groups -OCH3 is 1. The number of esters is 1. The largest absolute Gasteiger partial charge is 0.434 e. The molecule has 1 aromatic carbocycles. The molecule has 0 bridgehead atoms. The van der Waals surface area contributed by atoms with E-state index in [1.54, 1.807) is 6.08 Å². The first-order valence-electron chi connectivity index (χ1n) is 7.76. The first kappa shape index (κ1) is 17.5. The van der Waals surface area contributed by atoms with Crippen LogP contribution in [0, 0.1) is 0 Å². The topological polar surface area (TPSA) is 84.9 Å². The van der Waals surface area contributed by atoms with Gasteiger partial charge >= 0.3 is 5.97 Å². The SMILES string of the molecule is COCOC(=O)C1=CCS[C@@H]2C(NC(=O)Cc3ccccc3)C(=O)N12. The van der Waals surface area contributed by atoms with E-state index in [-0.39, 0.29) is 36.1 Å². The Morgan fingerprint density at radius 1 is 1.32 bits per heavy atom. The van der Waals surface area contributed by atoms with Crippen LogP contribution in [0.4, 0.5) is 0 Å². The van der Waals surface area contributed by atoms with Crippen molar-refractivity contribution in [1.29, 1.82) is 0 Å². The highest BCUT2D eigenvalue weighted by Gasteiger charge is 2.52. The van der Waals surface area contributed by atoms with Gasteiger partial charge in [0.25, 0.3) is 5.91 Å².